The quantitative estimate of drug-likeness (QED) is 0.888. The van der Waals surface area contributed by atoms with Crippen LogP contribution in [-0.2, 0) is 4.79 Å². The summed E-state index contributed by atoms with van der Waals surface area (Å²) in [6, 6.07) is 15.3. The molecule has 0 fully saturated rings. The van der Waals surface area contributed by atoms with Crippen LogP contribution in [-0.4, -0.2) is 12.5 Å². The summed E-state index contributed by atoms with van der Waals surface area (Å²) in [4.78, 5) is 12.4. The van der Waals surface area contributed by atoms with Gasteiger partial charge in [-0.2, -0.15) is 0 Å². The van der Waals surface area contributed by atoms with Crippen molar-refractivity contribution in [2.75, 3.05) is 6.54 Å². The van der Waals surface area contributed by atoms with Crippen LogP contribution in [0.25, 0.3) is 0 Å². The fourth-order valence-corrected chi connectivity index (χ4v) is 2.25. The summed E-state index contributed by atoms with van der Waals surface area (Å²) in [7, 11) is 0. The summed E-state index contributed by atoms with van der Waals surface area (Å²) < 4.78 is 13.2. The Morgan fingerprint density at radius 3 is 2.43 bits per heavy atom. The topological polar surface area (TPSA) is 55.1 Å². The monoisotopic (exact) mass is 286 g/mol. The highest BCUT2D eigenvalue weighted by Gasteiger charge is 2.20. The molecule has 3 nitrogen and oxygen atoms in total. The molecule has 2 aromatic carbocycles. The third-order valence-corrected chi connectivity index (χ3v) is 3.46. The van der Waals surface area contributed by atoms with Gasteiger partial charge in [-0.1, -0.05) is 42.5 Å². The minimum Gasteiger partial charge on any atom is -0.349 e. The summed E-state index contributed by atoms with van der Waals surface area (Å²) >= 11 is 0. The van der Waals surface area contributed by atoms with Crippen molar-refractivity contribution in [2.45, 2.75) is 18.9 Å². The molecule has 0 radical (unpaired) electrons. The highest BCUT2D eigenvalue weighted by Crippen LogP contribution is 2.18. The highest BCUT2D eigenvalue weighted by atomic mass is 19.1. The number of nitrogens with two attached hydrogens (primary N) is 1. The molecule has 0 aliphatic rings. The Labute approximate surface area is 124 Å². The molecule has 2 unspecified atom stereocenters. The van der Waals surface area contributed by atoms with Gasteiger partial charge < -0.3 is 11.1 Å². The molecule has 0 aliphatic heterocycles. The molecule has 1 amide bonds. The van der Waals surface area contributed by atoms with Crippen LogP contribution < -0.4 is 11.1 Å². The van der Waals surface area contributed by atoms with Crippen LogP contribution in [0.5, 0.6) is 0 Å². The van der Waals surface area contributed by atoms with Crippen molar-refractivity contribution < 1.29 is 9.18 Å². The van der Waals surface area contributed by atoms with E-state index in [1.54, 1.807) is 12.1 Å². The van der Waals surface area contributed by atoms with Crippen LogP contribution in [0, 0.1) is 5.82 Å². The van der Waals surface area contributed by atoms with Gasteiger partial charge in [0.05, 0.1) is 12.0 Å². The van der Waals surface area contributed by atoms with Gasteiger partial charge in [-0.15, -0.1) is 0 Å². The Morgan fingerprint density at radius 2 is 1.81 bits per heavy atom. The molecule has 0 aliphatic carbocycles. The highest BCUT2D eigenvalue weighted by molar-refractivity contribution is 5.84. The summed E-state index contributed by atoms with van der Waals surface area (Å²) in [6.45, 7) is 2.05. The largest absolute Gasteiger partial charge is 0.349 e. The first kappa shape index (κ1) is 15.2. The molecule has 0 heterocycles. The van der Waals surface area contributed by atoms with Crippen LogP contribution in [0.1, 0.15) is 30.0 Å². The average molecular weight is 286 g/mol. The van der Waals surface area contributed by atoms with Gasteiger partial charge in [-0.3, -0.25) is 4.79 Å². The number of amides is 1. The van der Waals surface area contributed by atoms with Crippen LogP contribution >= 0.6 is 0 Å². The Bertz CT molecular complexity index is 601. The number of carbonyl (C=O) groups excluding carboxylic acids is 1. The number of hydrogen-bond acceptors (Lipinski definition) is 2. The number of halogens is 1. The van der Waals surface area contributed by atoms with E-state index in [4.69, 9.17) is 5.73 Å². The van der Waals surface area contributed by atoms with Gasteiger partial charge in [0.1, 0.15) is 5.82 Å². The molecule has 110 valence electrons. The number of carbonyl (C=O) groups is 1. The molecule has 0 bridgehead atoms. The van der Waals surface area contributed by atoms with Gasteiger partial charge in [-0.25, -0.2) is 4.39 Å². The Hall–Kier alpha value is -2.20. The summed E-state index contributed by atoms with van der Waals surface area (Å²) in [5.41, 5.74) is 7.33. The van der Waals surface area contributed by atoms with Crippen LogP contribution in [0.2, 0.25) is 0 Å². The number of benzene rings is 2. The summed E-state index contributed by atoms with van der Waals surface area (Å²) in [6.07, 6.45) is 0. The molecule has 2 aromatic rings. The lowest BCUT2D eigenvalue weighted by molar-refractivity contribution is -0.123. The molecule has 4 heteroatoms. The van der Waals surface area contributed by atoms with Crippen molar-refractivity contribution in [3.63, 3.8) is 0 Å². The van der Waals surface area contributed by atoms with E-state index in [2.05, 4.69) is 5.32 Å². The van der Waals surface area contributed by atoms with Gasteiger partial charge in [0, 0.05) is 6.54 Å². The third-order valence-electron chi connectivity index (χ3n) is 3.46. The fourth-order valence-electron chi connectivity index (χ4n) is 2.25. The Morgan fingerprint density at radius 1 is 1.14 bits per heavy atom. The van der Waals surface area contributed by atoms with Crippen molar-refractivity contribution >= 4 is 5.91 Å². The van der Waals surface area contributed by atoms with E-state index in [0.29, 0.717) is 0 Å². The van der Waals surface area contributed by atoms with Gasteiger partial charge in [0.15, 0.2) is 0 Å². The smallest absolute Gasteiger partial charge is 0.229 e. The van der Waals surface area contributed by atoms with E-state index in [-0.39, 0.29) is 24.3 Å². The third kappa shape index (κ3) is 3.89. The van der Waals surface area contributed by atoms with Crippen LogP contribution in [0.15, 0.2) is 54.6 Å². The standard InChI is InChI=1S/C17H19FN2O/c1-12(14-8-5-9-15(18)10-14)20-17(21)16(11-19)13-6-3-2-4-7-13/h2-10,12,16H,11,19H2,1H3,(H,20,21). The Kier molecular flexibility index (Phi) is 5.06. The molecule has 0 saturated heterocycles. The van der Waals surface area contributed by atoms with E-state index in [1.807, 2.05) is 37.3 Å². The van der Waals surface area contributed by atoms with Crippen molar-refractivity contribution in [3.05, 3.63) is 71.5 Å². The molecular weight excluding hydrogens is 267 g/mol. The lowest BCUT2D eigenvalue weighted by Crippen LogP contribution is -2.35. The van der Waals surface area contributed by atoms with Gasteiger partial charge >= 0.3 is 0 Å². The molecule has 2 rings (SSSR count). The summed E-state index contributed by atoms with van der Waals surface area (Å²) in [5.74, 6) is -0.866. The zero-order chi connectivity index (χ0) is 15.2. The maximum Gasteiger partial charge on any atom is 0.229 e. The van der Waals surface area contributed by atoms with Crippen LogP contribution in [0.4, 0.5) is 4.39 Å². The second-order valence-electron chi connectivity index (χ2n) is 4.98. The fraction of sp³-hybridized carbons (Fsp3) is 0.235. The van der Waals surface area contributed by atoms with Gasteiger partial charge in [-0.05, 0) is 30.2 Å². The predicted octanol–water partition coefficient (Wildman–Crippen LogP) is 2.75. The number of nitrogens with one attached hydrogen (secondary N) is 1. The molecule has 0 aromatic heterocycles. The SMILES string of the molecule is CC(NC(=O)C(CN)c1ccccc1)c1cccc(F)c1. The van der Waals surface area contributed by atoms with Crippen molar-refractivity contribution in [2.24, 2.45) is 5.73 Å². The lowest BCUT2D eigenvalue weighted by Gasteiger charge is -2.20. The van der Waals surface area contributed by atoms with E-state index in [9.17, 15) is 9.18 Å². The van der Waals surface area contributed by atoms with E-state index < -0.39 is 5.92 Å². The maximum atomic E-state index is 13.2. The van der Waals surface area contributed by atoms with E-state index in [0.717, 1.165) is 11.1 Å². The first-order valence-corrected chi connectivity index (χ1v) is 6.92. The molecule has 21 heavy (non-hydrogen) atoms. The van der Waals surface area contributed by atoms with Gasteiger partial charge in [0.2, 0.25) is 5.91 Å². The predicted molar refractivity (Wildman–Crippen MR) is 81.2 cm³/mol. The second-order valence-corrected chi connectivity index (χ2v) is 4.98. The molecular formula is C17H19FN2O. The average Bonchev–Trinajstić information content (AvgIpc) is 2.49. The van der Waals surface area contributed by atoms with Crippen LogP contribution in [0.3, 0.4) is 0 Å². The summed E-state index contributed by atoms with van der Waals surface area (Å²) in [5, 5.41) is 2.89. The van der Waals surface area contributed by atoms with Gasteiger partial charge in [0.25, 0.3) is 0 Å². The first-order chi connectivity index (χ1) is 10.1. The van der Waals surface area contributed by atoms with E-state index >= 15 is 0 Å². The van der Waals surface area contributed by atoms with Crippen molar-refractivity contribution in [1.29, 1.82) is 0 Å². The molecule has 0 saturated carbocycles. The lowest BCUT2D eigenvalue weighted by atomic mass is 9.97. The normalized spacial score (nSPS) is 13.5. The zero-order valence-corrected chi connectivity index (χ0v) is 11.9. The second kappa shape index (κ2) is 6.99. The zero-order valence-electron chi connectivity index (χ0n) is 11.9. The minimum absolute atomic E-state index is 0.152. The van der Waals surface area contributed by atoms with E-state index in [1.165, 1.54) is 12.1 Å². The molecule has 2 atom stereocenters. The number of hydrogen-bond donors (Lipinski definition) is 2. The van der Waals surface area contributed by atoms with Crippen molar-refractivity contribution in [3.8, 4) is 0 Å². The number of rotatable bonds is 5. The molecule has 3 N–H and O–H groups in total. The molecule has 0 spiro atoms. The Balaban J connectivity index is 2.09. The first-order valence-electron chi connectivity index (χ1n) is 6.92. The van der Waals surface area contributed by atoms with Crippen molar-refractivity contribution in [1.82, 2.24) is 5.32 Å². The minimum atomic E-state index is -0.401. The maximum absolute atomic E-state index is 13.2.